The number of nitrogens with zero attached hydrogens (tertiary/aromatic N) is 1. The van der Waals surface area contributed by atoms with Crippen molar-refractivity contribution >= 4 is 5.97 Å². The minimum absolute atomic E-state index is 0.130. The molecule has 4 heteroatoms. The first-order valence-corrected chi connectivity index (χ1v) is 5.96. The van der Waals surface area contributed by atoms with Crippen LogP contribution < -0.4 is 4.74 Å². The summed E-state index contributed by atoms with van der Waals surface area (Å²) in [7, 11) is 0. The highest BCUT2D eigenvalue weighted by Crippen LogP contribution is 2.25. The zero-order valence-electron chi connectivity index (χ0n) is 10.9. The van der Waals surface area contributed by atoms with Gasteiger partial charge >= 0.3 is 5.97 Å². The van der Waals surface area contributed by atoms with E-state index in [-0.39, 0.29) is 6.61 Å². The van der Waals surface area contributed by atoms with Crippen LogP contribution in [0.5, 0.6) is 5.75 Å². The molecule has 0 spiro atoms. The molecule has 0 aliphatic carbocycles. The highest BCUT2D eigenvalue weighted by atomic mass is 16.5. The molecular weight excluding hydrogens is 242 g/mol. The molecule has 0 bridgehead atoms. The Morgan fingerprint density at radius 3 is 2.58 bits per heavy atom. The number of ether oxygens (including phenoxy) is 1. The molecule has 0 aliphatic rings. The van der Waals surface area contributed by atoms with Gasteiger partial charge in [0.25, 0.3) is 0 Å². The lowest BCUT2D eigenvalue weighted by Gasteiger charge is -2.12. The number of carbonyl (C=O) groups excluding carboxylic acids is 1. The van der Waals surface area contributed by atoms with Gasteiger partial charge < -0.3 is 9.84 Å². The predicted octanol–water partition coefficient (Wildman–Crippen LogP) is 2.41. The van der Waals surface area contributed by atoms with Gasteiger partial charge in [-0.25, -0.2) is 4.79 Å². The Morgan fingerprint density at radius 1 is 1.26 bits per heavy atom. The molecule has 1 heterocycles. The number of benzene rings is 1. The lowest BCUT2D eigenvalue weighted by atomic mass is 10.1. The van der Waals surface area contributed by atoms with E-state index in [0.29, 0.717) is 22.6 Å². The Labute approximate surface area is 111 Å². The number of pyridine rings is 1. The third-order valence-electron chi connectivity index (χ3n) is 2.94. The zero-order valence-corrected chi connectivity index (χ0v) is 10.9. The van der Waals surface area contributed by atoms with Crippen molar-refractivity contribution in [3.63, 3.8) is 0 Å². The minimum atomic E-state index is -0.427. The first-order chi connectivity index (χ1) is 9.13. The molecule has 2 aromatic rings. The lowest BCUT2D eigenvalue weighted by molar-refractivity contribution is 0.0731. The van der Waals surface area contributed by atoms with E-state index in [4.69, 9.17) is 4.74 Å². The monoisotopic (exact) mass is 257 g/mol. The zero-order chi connectivity index (χ0) is 13.8. The topological polar surface area (TPSA) is 59.4 Å². The van der Waals surface area contributed by atoms with E-state index in [1.165, 1.54) is 0 Å². The highest BCUT2D eigenvalue weighted by molar-refractivity contribution is 5.91. The Balaban J connectivity index is 2.31. The van der Waals surface area contributed by atoms with Crippen molar-refractivity contribution in [1.82, 2.24) is 4.98 Å². The fraction of sp³-hybridized carbons (Fsp3) is 0.200. The van der Waals surface area contributed by atoms with Crippen LogP contribution in [-0.2, 0) is 6.61 Å². The Kier molecular flexibility index (Phi) is 3.92. The molecule has 19 heavy (non-hydrogen) atoms. The summed E-state index contributed by atoms with van der Waals surface area (Å²) in [5.41, 5.74) is 2.50. The first-order valence-electron chi connectivity index (χ1n) is 5.96. The molecule has 1 aromatic heterocycles. The normalized spacial score (nSPS) is 10.3. The van der Waals surface area contributed by atoms with E-state index in [1.807, 2.05) is 6.07 Å². The summed E-state index contributed by atoms with van der Waals surface area (Å²) < 4.78 is 5.39. The van der Waals surface area contributed by atoms with Crippen LogP contribution in [0.3, 0.4) is 0 Å². The standard InChI is InChI=1S/C15H15NO3/c1-10-13(9-17)8-16-11(2)14(10)19-15(18)12-6-4-3-5-7-12/h3-8,17H,9H2,1-2H3. The molecule has 0 aliphatic heterocycles. The summed E-state index contributed by atoms with van der Waals surface area (Å²) >= 11 is 0. The SMILES string of the molecule is Cc1ncc(CO)c(C)c1OC(=O)c1ccccc1. The fourth-order valence-corrected chi connectivity index (χ4v) is 1.78. The summed E-state index contributed by atoms with van der Waals surface area (Å²) in [6, 6.07) is 8.77. The molecule has 0 saturated carbocycles. The number of carbonyl (C=O) groups is 1. The largest absolute Gasteiger partial charge is 0.421 e. The second-order valence-corrected chi connectivity index (χ2v) is 4.24. The van der Waals surface area contributed by atoms with Gasteiger partial charge in [-0.15, -0.1) is 0 Å². The quantitative estimate of drug-likeness (QED) is 0.858. The maximum Gasteiger partial charge on any atom is 0.343 e. The van der Waals surface area contributed by atoms with E-state index in [9.17, 15) is 9.90 Å². The molecule has 0 saturated heterocycles. The summed E-state index contributed by atoms with van der Waals surface area (Å²) in [4.78, 5) is 16.1. The van der Waals surface area contributed by atoms with Crippen LogP contribution >= 0.6 is 0 Å². The van der Waals surface area contributed by atoms with Crippen molar-refractivity contribution < 1.29 is 14.6 Å². The number of aryl methyl sites for hydroxylation is 1. The van der Waals surface area contributed by atoms with Gasteiger partial charge in [-0.3, -0.25) is 4.98 Å². The summed E-state index contributed by atoms with van der Waals surface area (Å²) in [6.45, 7) is 3.44. The Bertz CT molecular complexity index is 594. The van der Waals surface area contributed by atoms with Gasteiger partial charge in [-0.05, 0) is 26.0 Å². The van der Waals surface area contributed by atoms with Gasteiger partial charge in [0.1, 0.15) is 0 Å². The van der Waals surface area contributed by atoms with Crippen LogP contribution in [0.1, 0.15) is 27.2 Å². The van der Waals surface area contributed by atoms with Crippen molar-refractivity contribution in [1.29, 1.82) is 0 Å². The maximum atomic E-state index is 12.0. The first kappa shape index (κ1) is 13.2. The molecule has 0 amide bonds. The molecule has 4 nitrogen and oxygen atoms in total. The van der Waals surface area contributed by atoms with Crippen LogP contribution in [0.4, 0.5) is 0 Å². The van der Waals surface area contributed by atoms with Crippen LogP contribution in [0, 0.1) is 13.8 Å². The predicted molar refractivity (Wildman–Crippen MR) is 71.0 cm³/mol. The number of aromatic nitrogens is 1. The number of rotatable bonds is 3. The van der Waals surface area contributed by atoms with Crippen LogP contribution in [-0.4, -0.2) is 16.1 Å². The van der Waals surface area contributed by atoms with E-state index < -0.39 is 5.97 Å². The molecular formula is C15H15NO3. The molecule has 2 rings (SSSR count). The molecule has 1 aromatic carbocycles. The summed E-state index contributed by atoms with van der Waals surface area (Å²) in [6.07, 6.45) is 1.59. The number of aliphatic hydroxyl groups excluding tert-OH is 1. The molecule has 0 atom stereocenters. The smallest absolute Gasteiger partial charge is 0.343 e. The van der Waals surface area contributed by atoms with Crippen LogP contribution in [0.2, 0.25) is 0 Å². The van der Waals surface area contributed by atoms with Crippen molar-refractivity contribution in [3.05, 3.63) is 58.9 Å². The number of aliphatic hydroxyl groups is 1. The Hall–Kier alpha value is -2.20. The van der Waals surface area contributed by atoms with E-state index >= 15 is 0 Å². The van der Waals surface area contributed by atoms with Crippen molar-refractivity contribution in [2.45, 2.75) is 20.5 Å². The van der Waals surface area contributed by atoms with Gasteiger partial charge in [-0.2, -0.15) is 0 Å². The van der Waals surface area contributed by atoms with Crippen LogP contribution in [0.15, 0.2) is 36.5 Å². The minimum Gasteiger partial charge on any atom is -0.421 e. The number of hydrogen-bond acceptors (Lipinski definition) is 4. The third kappa shape index (κ3) is 2.80. The molecule has 0 fully saturated rings. The lowest BCUT2D eigenvalue weighted by Crippen LogP contribution is -2.11. The fourth-order valence-electron chi connectivity index (χ4n) is 1.78. The van der Waals surface area contributed by atoms with Gasteiger partial charge in [-0.1, -0.05) is 18.2 Å². The van der Waals surface area contributed by atoms with Crippen molar-refractivity contribution in [2.24, 2.45) is 0 Å². The average Bonchev–Trinajstić information content (AvgIpc) is 2.44. The average molecular weight is 257 g/mol. The highest BCUT2D eigenvalue weighted by Gasteiger charge is 2.14. The van der Waals surface area contributed by atoms with E-state index in [2.05, 4.69) is 4.98 Å². The summed E-state index contributed by atoms with van der Waals surface area (Å²) in [5.74, 6) is -0.0101. The number of esters is 1. The van der Waals surface area contributed by atoms with Crippen molar-refractivity contribution in [3.8, 4) is 5.75 Å². The van der Waals surface area contributed by atoms with Crippen molar-refractivity contribution in [2.75, 3.05) is 0 Å². The van der Waals surface area contributed by atoms with Crippen LogP contribution in [0.25, 0.3) is 0 Å². The van der Waals surface area contributed by atoms with Gasteiger partial charge in [0.15, 0.2) is 5.75 Å². The van der Waals surface area contributed by atoms with E-state index in [1.54, 1.807) is 44.3 Å². The summed E-state index contributed by atoms with van der Waals surface area (Å²) in [5, 5.41) is 9.20. The van der Waals surface area contributed by atoms with Gasteiger partial charge in [0, 0.05) is 17.3 Å². The van der Waals surface area contributed by atoms with E-state index in [0.717, 1.165) is 5.56 Å². The second kappa shape index (κ2) is 5.63. The molecule has 98 valence electrons. The molecule has 1 N–H and O–H groups in total. The third-order valence-corrected chi connectivity index (χ3v) is 2.94. The number of hydrogen-bond donors (Lipinski definition) is 1. The maximum absolute atomic E-state index is 12.0. The van der Waals surface area contributed by atoms with Gasteiger partial charge in [0.2, 0.25) is 0 Å². The Morgan fingerprint density at radius 2 is 1.95 bits per heavy atom. The molecule has 0 radical (unpaired) electrons. The molecule has 0 unspecified atom stereocenters. The second-order valence-electron chi connectivity index (χ2n) is 4.24. The van der Waals surface area contributed by atoms with Gasteiger partial charge in [0.05, 0.1) is 17.9 Å².